The van der Waals surface area contributed by atoms with Crippen molar-refractivity contribution >= 4 is 17.0 Å². The lowest BCUT2D eigenvalue weighted by Crippen LogP contribution is -2.19. The molecule has 4 nitrogen and oxygen atoms in total. The molecule has 0 bridgehead atoms. The van der Waals surface area contributed by atoms with Crippen molar-refractivity contribution in [1.82, 2.24) is 10.3 Å². The lowest BCUT2D eigenvalue weighted by molar-refractivity contribution is 0.568. The first-order chi connectivity index (χ1) is 11.6. The van der Waals surface area contributed by atoms with Crippen LogP contribution in [0.2, 0.25) is 0 Å². The summed E-state index contributed by atoms with van der Waals surface area (Å²) in [6.45, 7) is 9.56. The van der Waals surface area contributed by atoms with Gasteiger partial charge < -0.3 is 10.6 Å². The van der Waals surface area contributed by atoms with Gasteiger partial charge in [0.05, 0.1) is 16.9 Å². The zero-order valence-electron chi connectivity index (χ0n) is 14.7. The van der Waals surface area contributed by atoms with Gasteiger partial charge in [-0.1, -0.05) is 26.8 Å². The van der Waals surface area contributed by atoms with E-state index in [-0.39, 0.29) is 5.41 Å². The van der Waals surface area contributed by atoms with Crippen LogP contribution in [0, 0.1) is 11.3 Å². The van der Waals surface area contributed by atoms with Crippen LogP contribution >= 0.6 is 11.3 Å². The molecule has 0 saturated carbocycles. The molecule has 2 aromatic heterocycles. The Morgan fingerprint density at radius 3 is 2.96 bits per heavy atom. The van der Waals surface area contributed by atoms with Crippen LogP contribution in [-0.4, -0.2) is 24.6 Å². The third kappa shape index (κ3) is 5.05. The zero-order chi connectivity index (χ0) is 17.4. The largest absolute Gasteiger partial charge is 0.383 e. The standard InChI is InChI=1S/C10H11N3.C9H15NS/c1-10(2)6-13-8-3-7(4-11)5-12-9(8)10;1-2-10-7-3-5-9-6-4-8-11-9/h3,5,13H,6H2,1-2H3;4,6,8,10H,2-3,5,7H2,1H3. The van der Waals surface area contributed by atoms with Crippen LogP contribution < -0.4 is 10.6 Å². The van der Waals surface area contributed by atoms with Crippen molar-refractivity contribution in [2.24, 2.45) is 0 Å². The second-order valence-corrected chi connectivity index (χ2v) is 7.54. The quantitative estimate of drug-likeness (QED) is 0.808. The summed E-state index contributed by atoms with van der Waals surface area (Å²) in [6.07, 6.45) is 4.12. The molecule has 5 heteroatoms. The van der Waals surface area contributed by atoms with E-state index in [1.165, 1.54) is 17.7 Å². The highest BCUT2D eigenvalue weighted by Crippen LogP contribution is 2.34. The molecule has 0 radical (unpaired) electrons. The minimum atomic E-state index is 0.0866. The molecular weight excluding hydrogens is 316 g/mol. The lowest BCUT2D eigenvalue weighted by Gasteiger charge is -2.14. The molecule has 0 fully saturated rings. The second kappa shape index (κ2) is 8.81. The number of anilines is 1. The number of aryl methyl sites for hydroxylation is 1. The molecule has 2 N–H and O–H groups in total. The van der Waals surface area contributed by atoms with E-state index in [1.807, 2.05) is 17.4 Å². The van der Waals surface area contributed by atoms with Gasteiger partial charge in [-0.25, -0.2) is 0 Å². The van der Waals surface area contributed by atoms with Crippen molar-refractivity contribution in [3.63, 3.8) is 0 Å². The molecule has 0 saturated heterocycles. The van der Waals surface area contributed by atoms with Gasteiger partial charge in [-0.15, -0.1) is 11.3 Å². The molecule has 0 amide bonds. The highest BCUT2D eigenvalue weighted by atomic mass is 32.1. The van der Waals surface area contributed by atoms with E-state index in [0.717, 1.165) is 31.0 Å². The number of thiophene rings is 1. The van der Waals surface area contributed by atoms with Crippen LogP contribution in [0.3, 0.4) is 0 Å². The first-order valence-corrected chi connectivity index (χ1v) is 9.32. The van der Waals surface area contributed by atoms with E-state index < -0.39 is 0 Å². The van der Waals surface area contributed by atoms with Crippen molar-refractivity contribution in [1.29, 1.82) is 5.26 Å². The van der Waals surface area contributed by atoms with E-state index in [4.69, 9.17) is 5.26 Å². The van der Waals surface area contributed by atoms with Crippen LogP contribution in [0.15, 0.2) is 29.8 Å². The minimum absolute atomic E-state index is 0.0866. The SMILES string of the molecule is CC1(C)CNc2cc(C#N)cnc21.CCNCCCc1cccs1. The fraction of sp³-hybridized carbons (Fsp3) is 0.474. The zero-order valence-corrected chi connectivity index (χ0v) is 15.5. The van der Waals surface area contributed by atoms with E-state index >= 15 is 0 Å². The van der Waals surface area contributed by atoms with Crippen LogP contribution in [0.4, 0.5) is 5.69 Å². The summed E-state index contributed by atoms with van der Waals surface area (Å²) in [5.74, 6) is 0. The average molecular weight is 343 g/mol. The molecule has 0 aromatic carbocycles. The molecular formula is C19H26N4S. The van der Waals surface area contributed by atoms with Crippen molar-refractivity contribution in [3.8, 4) is 6.07 Å². The molecule has 3 rings (SSSR count). The third-order valence-electron chi connectivity index (χ3n) is 3.99. The Labute approximate surface area is 148 Å². The van der Waals surface area contributed by atoms with E-state index in [1.54, 1.807) is 6.20 Å². The van der Waals surface area contributed by atoms with Crippen LogP contribution in [0.1, 0.15) is 43.3 Å². The van der Waals surface area contributed by atoms with Crippen molar-refractivity contribution < 1.29 is 0 Å². The summed E-state index contributed by atoms with van der Waals surface area (Å²) < 4.78 is 0. The van der Waals surface area contributed by atoms with Crippen LogP contribution in [0.25, 0.3) is 0 Å². The van der Waals surface area contributed by atoms with Gasteiger partial charge in [-0.05, 0) is 43.4 Å². The predicted octanol–water partition coefficient (Wildman–Crippen LogP) is 3.95. The highest BCUT2D eigenvalue weighted by molar-refractivity contribution is 7.09. The first-order valence-electron chi connectivity index (χ1n) is 8.44. The molecule has 24 heavy (non-hydrogen) atoms. The molecule has 1 aliphatic rings. The van der Waals surface area contributed by atoms with Gasteiger partial charge in [0.1, 0.15) is 6.07 Å². The molecule has 0 unspecified atom stereocenters. The number of nitrogens with zero attached hydrogens (tertiary/aromatic N) is 2. The number of nitriles is 1. The third-order valence-corrected chi connectivity index (χ3v) is 4.92. The predicted molar refractivity (Wildman–Crippen MR) is 102 cm³/mol. The summed E-state index contributed by atoms with van der Waals surface area (Å²) >= 11 is 1.85. The highest BCUT2D eigenvalue weighted by Gasteiger charge is 2.31. The summed E-state index contributed by atoms with van der Waals surface area (Å²) in [5.41, 5.74) is 2.77. The lowest BCUT2D eigenvalue weighted by atomic mass is 9.91. The topological polar surface area (TPSA) is 60.7 Å². The fourth-order valence-electron chi connectivity index (χ4n) is 2.62. The smallest absolute Gasteiger partial charge is 0.101 e. The Kier molecular flexibility index (Phi) is 6.77. The van der Waals surface area contributed by atoms with Gasteiger partial charge in [0, 0.05) is 23.0 Å². The Hall–Kier alpha value is -1.90. The van der Waals surface area contributed by atoms with Crippen LogP contribution in [0.5, 0.6) is 0 Å². The number of rotatable bonds is 5. The minimum Gasteiger partial charge on any atom is -0.383 e. The summed E-state index contributed by atoms with van der Waals surface area (Å²) in [4.78, 5) is 5.80. The molecule has 3 heterocycles. The summed E-state index contributed by atoms with van der Waals surface area (Å²) in [6, 6.07) is 8.26. The maximum Gasteiger partial charge on any atom is 0.101 e. The van der Waals surface area contributed by atoms with Gasteiger partial charge in [-0.2, -0.15) is 5.26 Å². The Bertz CT molecular complexity index is 671. The van der Waals surface area contributed by atoms with Crippen molar-refractivity contribution in [2.75, 3.05) is 25.0 Å². The molecule has 128 valence electrons. The number of nitrogens with one attached hydrogen (secondary N) is 2. The van der Waals surface area contributed by atoms with E-state index in [0.29, 0.717) is 5.56 Å². The van der Waals surface area contributed by atoms with E-state index in [2.05, 4.69) is 60.0 Å². The van der Waals surface area contributed by atoms with Crippen LogP contribution in [-0.2, 0) is 11.8 Å². The average Bonchev–Trinajstić information content (AvgIpc) is 3.20. The summed E-state index contributed by atoms with van der Waals surface area (Å²) in [7, 11) is 0. The van der Waals surface area contributed by atoms with Gasteiger partial charge in [0.25, 0.3) is 0 Å². The van der Waals surface area contributed by atoms with Crippen molar-refractivity contribution in [2.45, 2.75) is 39.0 Å². The maximum absolute atomic E-state index is 8.68. The Balaban J connectivity index is 0.000000177. The molecule has 2 aromatic rings. The van der Waals surface area contributed by atoms with Gasteiger partial charge in [0.15, 0.2) is 0 Å². The number of pyridine rings is 1. The van der Waals surface area contributed by atoms with Gasteiger partial charge in [0.2, 0.25) is 0 Å². The number of aromatic nitrogens is 1. The van der Waals surface area contributed by atoms with Crippen molar-refractivity contribution in [3.05, 3.63) is 45.9 Å². The number of hydrogen-bond acceptors (Lipinski definition) is 5. The fourth-order valence-corrected chi connectivity index (χ4v) is 3.37. The first kappa shape index (κ1) is 18.4. The molecule has 0 spiro atoms. The van der Waals surface area contributed by atoms with Gasteiger partial charge >= 0.3 is 0 Å². The number of hydrogen-bond donors (Lipinski definition) is 2. The Morgan fingerprint density at radius 2 is 2.29 bits per heavy atom. The normalized spacial score (nSPS) is 14.1. The monoisotopic (exact) mass is 342 g/mol. The summed E-state index contributed by atoms with van der Waals surface area (Å²) in [5, 5.41) is 17.4. The molecule has 0 aliphatic carbocycles. The van der Waals surface area contributed by atoms with Gasteiger partial charge in [-0.3, -0.25) is 4.98 Å². The Morgan fingerprint density at radius 1 is 1.46 bits per heavy atom. The molecule has 0 atom stereocenters. The van der Waals surface area contributed by atoms with E-state index in [9.17, 15) is 0 Å². The molecule has 1 aliphatic heterocycles. The second-order valence-electron chi connectivity index (χ2n) is 6.51. The maximum atomic E-state index is 8.68. The number of fused-ring (bicyclic) bond motifs is 1.